The highest BCUT2D eigenvalue weighted by Crippen LogP contribution is 2.50. The first-order valence-corrected chi connectivity index (χ1v) is 6.61. The molecule has 0 aromatic heterocycles. The third-order valence-electron chi connectivity index (χ3n) is 3.97. The van der Waals surface area contributed by atoms with E-state index < -0.39 is 0 Å². The molecule has 1 saturated carbocycles. The van der Waals surface area contributed by atoms with Gasteiger partial charge in [-0.25, -0.2) is 0 Å². The monoisotopic (exact) mass is 232 g/mol. The van der Waals surface area contributed by atoms with E-state index >= 15 is 0 Å². The fraction of sp³-hybridized carbons (Fsp3) is 0.600. The summed E-state index contributed by atoms with van der Waals surface area (Å²) in [4.78, 5) is 0. The zero-order valence-corrected chi connectivity index (χ0v) is 10.9. The van der Waals surface area contributed by atoms with Crippen LogP contribution < -0.4 is 11.1 Å². The maximum absolute atomic E-state index is 6.14. The Morgan fingerprint density at radius 2 is 2.00 bits per heavy atom. The molecule has 2 atom stereocenters. The second-order valence-electron chi connectivity index (χ2n) is 5.90. The highest BCUT2D eigenvalue weighted by molar-refractivity contribution is 5.18. The van der Waals surface area contributed by atoms with E-state index in [2.05, 4.69) is 43.4 Å². The van der Waals surface area contributed by atoms with Crippen LogP contribution in [0.15, 0.2) is 30.3 Å². The summed E-state index contributed by atoms with van der Waals surface area (Å²) < 4.78 is 0. The zero-order valence-electron chi connectivity index (χ0n) is 10.9. The smallest absolute Gasteiger partial charge is 0.0306 e. The molecule has 2 heteroatoms. The summed E-state index contributed by atoms with van der Waals surface area (Å²) in [6.45, 7) is 6.85. The SMILES string of the molecule is CC1(C)CC1CNCCC(N)c1ccccc1. The molecule has 0 amide bonds. The predicted octanol–water partition coefficient (Wildman–Crippen LogP) is 2.71. The maximum atomic E-state index is 6.14. The molecular formula is C15H24N2. The van der Waals surface area contributed by atoms with Gasteiger partial charge in [-0.3, -0.25) is 0 Å². The van der Waals surface area contributed by atoms with Crippen molar-refractivity contribution in [1.82, 2.24) is 5.32 Å². The average Bonchev–Trinajstić information content (AvgIpc) is 2.93. The minimum Gasteiger partial charge on any atom is -0.324 e. The molecule has 1 aromatic rings. The van der Waals surface area contributed by atoms with E-state index in [-0.39, 0.29) is 6.04 Å². The summed E-state index contributed by atoms with van der Waals surface area (Å²) in [6, 6.07) is 10.5. The molecule has 0 heterocycles. The van der Waals surface area contributed by atoms with Crippen molar-refractivity contribution in [2.24, 2.45) is 17.1 Å². The Bertz CT molecular complexity index is 345. The molecular weight excluding hydrogens is 208 g/mol. The third-order valence-corrected chi connectivity index (χ3v) is 3.97. The van der Waals surface area contributed by atoms with Crippen LogP contribution in [0, 0.1) is 11.3 Å². The van der Waals surface area contributed by atoms with Crippen LogP contribution in [0.2, 0.25) is 0 Å². The number of nitrogens with two attached hydrogens (primary N) is 1. The Hall–Kier alpha value is -0.860. The molecule has 0 radical (unpaired) electrons. The van der Waals surface area contributed by atoms with Gasteiger partial charge in [-0.15, -0.1) is 0 Å². The minimum atomic E-state index is 0.163. The lowest BCUT2D eigenvalue weighted by molar-refractivity contribution is 0.503. The lowest BCUT2D eigenvalue weighted by Gasteiger charge is -2.12. The van der Waals surface area contributed by atoms with Gasteiger partial charge in [0.1, 0.15) is 0 Å². The van der Waals surface area contributed by atoms with Crippen molar-refractivity contribution >= 4 is 0 Å². The van der Waals surface area contributed by atoms with E-state index in [1.54, 1.807) is 0 Å². The average molecular weight is 232 g/mol. The van der Waals surface area contributed by atoms with Crippen molar-refractivity contribution in [3.63, 3.8) is 0 Å². The van der Waals surface area contributed by atoms with Gasteiger partial charge in [-0.2, -0.15) is 0 Å². The van der Waals surface area contributed by atoms with Crippen LogP contribution in [0.5, 0.6) is 0 Å². The Morgan fingerprint density at radius 1 is 1.35 bits per heavy atom. The van der Waals surface area contributed by atoms with Gasteiger partial charge in [-0.05, 0) is 42.8 Å². The molecule has 2 nitrogen and oxygen atoms in total. The molecule has 3 N–H and O–H groups in total. The number of hydrogen-bond acceptors (Lipinski definition) is 2. The van der Waals surface area contributed by atoms with E-state index in [0.29, 0.717) is 5.41 Å². The van der Waals surface area contributed by atoms with Crippen molar-refractivity contribution in [3.05, 3.63) is 35.9 Å². The Balaban J connectivity index is 1.62. The van der Waals surface area contributed by atoms with Crippen molar-refractivity contribution in [2.45, 2.75) is 32.7 Å². The summed E-state index contributed by atoms with van der Waals surface area (Å²) in [6.07, 6.45) is 2.38. The molecule has 0 bridgehead atoms. The van der Waals surface area contributed by atoms with Crippen molar-refractivity contribution in [3.8, 4) is 0 Å². The van der Waals surface area contributed by atoms with Crippen LogP contribution in [0.25, 0.3) is 0 Å². The third kappa shape index (κ3) is 3.55. The normalized spacial score (nSPS) is 23.4. The molecule has 1 fully saturated rings. The molecule has 1 aliphatic carbocycles. The summed E-state index contributed by atoms with van der Waals surface area (Å²) in [5.41, 5.74) is 7.96. The van der Waals surface area contributed by atoms with Crippen LogP contribution in [0.4, 0.5) is 0 Å². The first kappa shape index (κ1) is 12.6. The van der Waals surface area contributed by atoms with Gasteiger partial charge in [0.2, 0.25) is 0 Å². The topological polar surface area (TPSA) is 38.0 Å². The number of nitrogens with one attached hydrogen (secondary N) is 1. The van der Waals surface area contributed by atoms with E-state index in [1.807, 2.05) is 6.07 Å². The first-order valence-electron chi connectivity index (χ1n) is 6.61. The van der Waals surface area contributed by atoms with Crippen LogP contribution in [0.3, 0.4) is 0 Å². The molecule has 0 aliphatic heterocycles. The van der Waals surface area contributed by atoms with E-state index in [4.69, 9.17) is 5.73 Å². The molecule has 1 aromatic carbocycles. The lowest BCUT2D eigenvalue weighted by Crippen LogP contribution is -2.23. The van der Waals surface area contributed by atoms with Crippen LogP contribution >= 0.6 is 0 Å². The number of benzene rings is 1. The summed E-state index contributed by atoms with van der Waals surface area (Å²) >= 11 is 0. The minimum absolute atomic E-state index is 0.163. The maximum Gasteiger partial charge on any atom is 0.0306 e. The van der Waals surface area contributed by atoms with E-state index in [9.17, 15) is 0 Å². The lowest BCUT2D eigenvalue weighted by atomic mass is 10.0. The van der Waals surface area contributed by atoms with Gasteiger partial charge in [0, 0.05) is 6.04 Å². The van der Waals surface area contributed by atoms with Crippen molar-refractivity contribution in [1.29, 1.82) is 0 Å². The fourth-order valence-electron chi connectivity index (χ4n) is 2.33. The van der Waals surface area contributed by atoms with E-state index in [1.165, 1.54) is 12.0 Å². The molecule has 0 spiro atoms. The van der Waals surface area contributed by atoms with Crippen LogP contribution in [-0.4, -0.2) is 13.1 Å². The number of rotatable bonds is 6. The van der Waals surface area contributed by atoms with Crippen molar-refractivity contribution in [2.75, 3.05) is 13.1 Å². The Kier molecular flexibility index (Phi) is 3.85. The van der Waals surface area contributed by atoms with Gasteiger partial charge in [-0.1, -0.05) is 44.2 Å². The molecule has 17 heavy (non-hydrogen) atoms. The van der Waals surface area contributed by atoms with Crippen LogP contribution in [0.1, 0.15) is 38.3 Å². The Labute approximate surface area is 105 Å². The quantitative estimate of drug-likeness (QED) is 0.740. The number of hydrogen-bond donors (Lipinski definition) is 2. The molecule has 1 aliphatic rings. The molecule has 94 valence electrons. The second kappa shape index (κ2) is 5.19. The predicted molar refractivity (Wildman–Crippen MR) is 72.7 cm³/mol. The standard InChI is InChI=1S/C15H24N2/c1-15(2)10-13(15)11-17-9-8-14(16)12-6-4-3-5-7-12/h3-7,13-14,17H,8-11,16H2,1-2H3. The van der Waals surface area contributed by atoms with Gasteiger partial charge in [0.25, 0.3) is 0 Å². The van der Waals surface area contributed by atoms with Gasteiger partial charge >= 0.3 is 0 Å². The molecule has 0 saturated heterocycles. The summed E-state index contributed by atoms with van der Waals surface area (Å²) in [5, 5.41) is 3.52. The highest BCUT2D eigenvalue weighted by atomic mass is 14.9. The fourth-order valence-corrected chi connectivity index (χ4v) is 2.33. The summed E-state index contributed by atoms with van der Waals surface area (Å²) in [7, 11) is 0. The highest BCUT2D eigenvalue weighted by Gasteiger charge is 2.44. The molecule has 2 unspecified atom stereocenters. The van der Waals surface area contributed by atoms with E-state index in [0.717, 1.165) is 25.4 Å². The Morgan fingerprint density at radius 3 is 2.59 bits per heavy atom. The van der Waals surface area contributed by atoms with Crippen molar-refractivity contribution < 1.29 is 0 Å². The van der Waals surface area contributed by atoms with Gasteiger partial charge in [0.05, 0.1) is 0 Å². The second-order valence-corrected chi connectivity index (χ2v) is 5.90. The largest absolute Gasteiger partial charge is 0.324 e. The van der Waals surface area contributed by atoms with Gasteiger partial charge in [0.15, 0.2) is 0 Å². The summed E-state index contributed by atoms with van der Waals surface area (Å²) in [5.74, 6) is 0.871. The first-order chi connectivity index (χ1) is 8.09. The molecule has 2 rings (SSSR count). The van der Waals surface area contributed by atoms with Crippen LogP contribution in [-0.2, 0) is 0 Å². The van der Waals surface area contributed by atoms with Gasteiger partial charge < -0.3 is 11.1 Å². The zero-order chi connectivity index (χ0) is 12.3.